The van der Waals surface area contributed by atoms with Gasteiger partial charge in [0.05, 0.1) is 28.8 Å². The Kier molecular flexibility index (Phi) is 2.60. The minimum atomic E-state index is 0.651. The van der Waals surface area contributed by atoms with Gasteiger partial charge in [0.25, 0.3) is 0 Å². The van der Waals surface area contributed by atoms with Crippen LogP contribution in [0.2, 0.25) is 0 Å². The van der Waals surface area contributed by atoms with E-state index in [0.717, 1.165) is 16.3 Å². The van der Waals surface area contributed by atoms with Crippen LogP contribution in [-0.2, 0) is 6.54 Å². The summed E-state index contributed by atoms with van der Waals surface area (Å²) in [6.45, 7) is 2.62. The van der Waals surface area contributed by atoms with Crippen molar-refractivity contribution in [1.82, 2.24) is 15.3 Å². The number of oxazole rings is 1. The van der Waals surface area contributed by atoms with Gasteiger partial charge in [0.1, 0.15) is 0 Å². The third-order valence-electron chi connectivity index (χ3n) is 1.85. The lowest BCUT2D eigenvalue weighted by molar-refractivity contribution is 0.491. The molecule has 2 rings (SSSR count). The fourth-order valence-corrected chi connectivity index (χ4v) is 1.94. The second kappa shape index (κ2) is 3.89. The molecule has 0 amide bonds. The zero-order valence-electron chi connectivity index (χ0n) is 8.07. The van der Waals surface area contributed by atoms with Crippen molar-refractivity contribution in [1.29, 1.82) is 0 Å². The fourth-order valence-electron chi connectivity index (χ4n) is 1.19. The van der Waals surface area contributed by atoms with E-state index < -0.39 is 0 Å². The number of nitrogens with one attached hydrogen (secondary N) is 1. The van der Waals surface area contributed by atoms with Crippen molar-refractivity contribution in [2.75, 3.05) is 7.05 Å². The Morgan fingerprint density at radius 2 is 2.36 bits per heavy atom. The van der Waals surface area contributed by atoms with Crippen LogP contribution in [-0.4, -0.2) is 17.0 Å². The normalized spacial score (nSPS) is 10.7. The number of aromatic nitrogens is 2. The highest BCUT2D eigenvalue weighted by Gasteiger charge is 2.10. The van der Waals surface area contributed by atoms with Crippen molar-refractivity contribution in [2.45, 2.75) is 13.5 Å². The van der Waals surface area contributed by atoms with E-state index in [1.807, 2.05) is 19.5 Å². The first kappa shape index (κ1) is 9.36. The van der Waals surface area contributed by atoms with E-state index >= 15 is 0 Å². The molecule has 5 heteroatoms. The molecule has 0 radical (unpaired) electrons. The molecule has 0 aliphatic heterocycles. The highest BCUT2D eigenvalue weighted by Crippen LogP contribution is 2.27. The van der Waals surface area contributed by atoms with Gasteiger partial charge in [0.15, 0.2) is 5.76 Å². The quantitative estimate of drug-likeness (QED) is 0.837. The molecule has 0 fully saturated rings. The fraction of sp³-hybridized carbons (Fsp3) is 0.333. The molecule has 2 aromatic heterocycles. The third kappa shape index (κ3) is 1.69. The molecule has 0 aliphatic carbocycles. The van der Waals surface area contributed by atoms with Crippen LogP contribution in [0.3, 0.4) is 0 Å². The molecule has 0 saturated carbocycles. The van der Waals surface area contributed by atoms with Crippen molar-refractivity contribution in [3.63, 3.8) is 0 Å². The van der Waals surface area contributed by atoms with Gasteiger partial charge in [0.2, 0.25) is 5.89 Å². The van der Waals surface area contributed by atoms with Gasteiger partial charge in [-0.2, -0.15) is 0 Å². The van der Waals surface area contributed by atoms with Crippen molar-refractivity contribution in [3.8, 4) is 10.6 Å². The Hall–Kier alpha value is -1.20. The zero-order chi connectivity index (χ0) is 9.97. The highest BCUT2D eigenvalue weighted by molar-refractivity contribution is 7.13. The maximum absolute atomic E-state index is 5.55. The molecular formula is C9H11N3OS. The molecule has 0 aliphatic rings. The van der Waals surface area contributed by atoms with E-state index in [9.17, 15) is 0 Å². The van der Waals surface area contributed by atoms with E-state index in [2.05, 4.69) is 15.3 Å². The molecule has 0 aromatic carbocycles. The molecule has 1 N–H and O–H groups in total. The van der Waals surface area contributed by atoms with Gasteiger partial charge in [-0.3, -0.25) is 0 Å². The van der Waals surface area contributed by atoms with Gasteiger partial charge in [-0.25, -0.2) is 9.97 Å². The van der Waals surface area contributed by atoms with Crippen molar-refractivity contribution in [3.05, 3.63) is 23.3 Å². The standard InChI is InChI=1S/C9H11N3OS/c1-6-9(14-5-12-6)7-3-11-8(13-7)4-10-2/h3,5,10H,4H2,1-2H3. The molecule has 0 saturated heterocycles. The first-order valence-electron chi connectivity index (χ1n) is 4.31. The molecule has 4 nitrogen and oxygen atoms in total. The Morgan fingerprint density at radius 1 is 1.50 bits per heavy atom. The Bertz CT molecular complexity index is 421. The number of rotatable bonds is 3. The maximum atomic E-state index is 5.55. The summed E-state index contributed by atoms with van der Waals surface area (Å²) < 4.78 is 5.55. The molecule has 2 aromatic rings. The molecule has 0 unspecified atom stereocenters. The van der Waals surface area contributed by atoms with Crippen LogP contribution in [0.1, 0.15) is 11.6 Å². The third-order valence-corrected chi connectivity index (χ3v) is 2.79. The summed E-state index contributed by atoms with van der Waals surface area (Å²) in [4.78, 5) is 9.37. The lowest BCUT2D eigenvalue weighted by Crippen LogP contribution is -2.04. The highest BCUT2D eigenvalue weighted by atomic mass is 32.1. The van der Waals surface area contributed by atoms with Gasteiger partial charge in [0, 0.05) is 0 Å². The second-order valence-electron chi connectivity index (χ2n) is 2.92. The van der Waals surface area contributed by atoms with Gasteiger partial charge in [-0.1, -0.05) is 0 Å². The van der Waals surface area contributed by atoms with E-state index in [-0.39, 0.29) is 0 Å². The zero-order valence-corrected chi connectivity index (χ0v) is 8.89. The first-order chi connectivity index (χ1) is 6.81. The molecule has 0 atom stereocenters. The van der Waals surface area contributed by atoms with Crippen LogP contribution < -0.4 is 5.32 Å². The van der Waals surface area contributed by atoms with Crippen LogP contribution >= 0.6 is 11.3 Å². The monoisotopic (exact) mass is 209 g/mol. The van der Waals surface area contributed by atoms with Crippen molar-refractivity contribution in [2.24, 2.45) is 0 Å². The van der Waals surface area contributed by atoms with Crippen LogP contribution in [0.4, 0.5) is 0 Å². The first-order valence-corrected chi connectivity index (χ1v) is 5.19. The van der Waals surface area contributed by atoms with Crippen molar-refractivity contribution < 1.29 is 4.42 Å². The summed E-state index contributed by atoms with van der Waals surface area (Å²) in [6.07, 6.45) is 1.74. The van der Waals surface area contributed by atoms with Gasteiger partial charge >= 0.3 is 0 Å². The van der Waals surface area contributed by atoms with Gasteiger partial charge in [-0.05, 0) is 14.0 Å². The van der Waals surface area contributed by atoms with Crippen LogP contribution in [0.25, 0.3) is 10.6 Å². The van der Waals surface area contributed by atoms with Crippen molar-refractivity contribution >= 4 is 11.3 Å². The molecule has 14 heavy (non-hydrogen) atoms. The number of aryl methyl sites for hydroxylation is 1. The number of hydrogen-bond acceptors (Lipinski definition) is 5. The molecule has 2 heterocycles. The molecule has 0 bridgehead atoms. The summed E-state index contributed by atoms with van der Waals surface area (Å²) in [6, 6.07) is 0. The largest absolute Gasteiger partial charge is 0.438 e. The molecule has 0 spiro atoms. The summed E-state index contributed by atoms with van der Waals surface area (Å²) >= 11 is 1.57. The summed E-state index contributed by atoms with van der Waals surface area (Å²) in [5, 5.41) is 2.99. The number of nitrogens with zero attached hydrogens (tertiary/aromatic N) is 2. The lowest BCUT2D eigenvalue weighted by Gasteiger charge is -1.92. The van der Waals surface area contributed by atoms with Crippen LogP contribution in [0, 0.1) is 6.92 Å². The Labute approximate surface area is 86.0 Å². The van der Waals surface area contributed by atoms with Crippen LogP contribution in [0.15, 0.2) is 16.1 Å². The minimum absolute atomic E-state index is 0.651. The smallest absolute Gasteiger partial charge is 0.208 e. The predicted octanol–water partition coefficient (Wildman–Crippen LogP) is 1.83. The van der Waals surface area contributed by atoms with E-state index in [0.29, 0.717) is 12.4 Å². The van der Waals surface area contributed by atoms with E-state index in [1.165, 1.54) is 0 Å². The molecule has 74 valence electrons. The SMILES string of the molecule is CNCc1ncc(-c2scnc2C)o1. The van der Waals surface area contributed by atoms with E-state index in [1.54, 1.807) is 17.5 Å². The summed E-state index contributed by atoms with van der Waals surface area (Å²) in [5.74, 6) is 1.51. The lowest BCUT2D eigenvalue weighted by atomic mass is 10.3. The predicted molar refractivity (Wildman–Crippen MR) is 55.1 cm³/mol. The van der Waals surface area contributed by atoms with E-state index in [4.69, 9.17) is 4.42 Å². The number of hydrogen-bond donors (Lipinski definition) is 1. The average molecular weight is 209 g/mol. The Balaban J connectivity index is 2.29. The second-order valence-corrected chi connectivity index (χ2v) is 3.77. The van der Waals surface area contributed by atoms with Gasteiger partial charge in [-0.15, -0.1) is 11.3 Å². The topological polar surface area (TPSA) is 51.0 Å². The Morgan fingerprint density at radius 3 is 3.00 bits per heavy atom. The molecular weight excluding hydrogens is 198 g/mol. The summed E-state index contributed by atoms with van der Waals surface area (Å²) in [7, 11) is 1.86. The maximum Gasteiger partial charge on any atom is 0.208 e. The minimum Gasteiger partial charge on any atom is -0.438 e. The van der Waals surface area contributed by atoms with Crippen LogP contribution in [0.5, 0.6) is 0 Å². The average Bonchev–Trinajstić information content (AvgIpc) is 2.74. The van der Waals surface area contributed by atoms with Gasteiger partial charge < -0.3 is 9.73 Å². The number of thiazole rings is 1. The summed E-state index contributed by atoms with van der Waals surface area (Å²) in [5.41, 5.74) is 2.80.